The lowest BCUT2D eigenvalue weighted by Gasteiger charge is -2.32. The van der Waals surface area contributed by atoms with Crippen molar-refractivity contribution in [2.24, 2.45) is 11.8 Å². The second kappa shape index (κ2) is 8.28. The molecule has 1 aromatic carbocycles. The van der Waals surface area contributed by atoms with Gasteiger partial charge in [-0.3, -0.25) is 14.4 Å². The molecular formula is C20H23N5O3S. The monoisotopic (exact) mass is 413 g/mol. The fourth-order valence-corrected chi connectivity index (χ4v) is 4.35. The number of likely N-dealkylation sites (tertiary alicyclic amines) is 1. The van der Waals surface area contributed by atoms with Gasteiger partial charge in [-0.1, -0.05) is 29.0 Å². The molecule has 0 unspecified atom stereocenters. The Kier molecular flexibility index (Phi) is 5.57. The Morgan fingerprint density at radius 2 is 1.86 bits per heavy atom. The molecule has 4 rings (SSSR count). The highest BCUT2D eigenvalue weighted by Gasteiger charge is 2.38. The van der Waals surface area contributed by atoms with Crippen molar-refractivity contribution in [3.8, 4) is 0 Å². The summed E-state index contributed by atoms with van der Waals surface area (Å²) in [6, 6.07) is 7.77. The molecule has 0 aliphatic carbocycles. The molecule has 3 amide bonds. The number of aryl methyl sites for hydroxylation is 1. The maximum Gasteiger partial charge on any atom is 0.229 e. The van der Waals surface area contributed by atoms with E-state index in [1.165, 1.54) is 11.3 Å². The summed E-state index contributed by atoms with van der Waals surface area (Å²) < 4.78 is 0. The summed E-state index contributed by atoms with van der Waals surface area (Å²) in [5.74, 6) is -0.544. The highest BCUT2D eigenvalue weighted by Crippen LogP contribution is 2.28. The molecule has 29 heavy (non-hydrogen) atoms. The first-order valence-electron chi connectivity index (χ1n) is 9.74. The molecule has 9 heteroatoms. The van der Waals surface area contributed by atoms with Gasteiger partial charge in [-0.2, -0.15) is 0 Å². The number of nitrogens with one attached hydrogen (secondary N) is 1. The molecule has 2 aliphatic heterocycles. The number of carbonyl (C=O) groups excluding carboxylic acids is 3. The van der Waals surface area contributed by atoms with Gasteiger partial charge in [0.05, 0.1) is 5.92 Å². The minimum Gasteiger partial charge on any atom is -0.342 e. The van der Waals surface area contributed by atoms with Crippen LogP contribution in [0.2, 0.25) is 0 Å². The van der Waals surface area contributed by atoms with Gasteiger partial charge < -0.3 is 15.1 Å². The fraction of sp³-hybridized carbons (Fsp3) is 0.450. The average molecular weight is 414 g/mol. The van der Waals surface area contributed by atoms with Crippen LogP contribution in [-0.2, 0) is 14.4 Å². The summed E-state index contributed by atoms with van der Waals surface area (Å²) in [5.41, 5.74) is 3.54. The summed E-state index contributed by atoms with van der Waals surface area (Å²) in [6.07, 6.45) is 1.46. The van der Waals surface area contributed by atoms with Crippen molar-refractivity contribution in [3.05, 3.63) is 35.3 Å². The van der Waals surface area contributed by atoms with E-state index < -0.39 is 0 Å². The Morgan fingerprint density at radius 3 is 2.52 bits per heavy atom. The molecule has 1 aromatic heterocycles. The highest BCUT2D eigenvalue weighted by atomic mass is 32.1. The normalized spacial score (nSPS) is 20.2. The number of piperidine rings is 1. The molecular weight excluding hydrogens is 390 g/mol. The lowest BCUT2D eigenvalue weighted by Crippen LogP contribution is -2.44. The van der Waals surface area contributed by atoms with Crippen LogP contribution in [0.4, 0.5) is 10.8 Å². The van der Waals surface area contributed by atoms with Crippen LogP contribution >= 0.6 is 11.3 Å². The van der Waals surface area contributed by atoms with Crippen molar-refractivity contribution in [2.75, 3.05) is 29.9 Å². The molecule has 0 bridgehead atoms. The number of hydrogen-bond acceptors (Lipinski definition) is 6. The Bertz CT molecular complexity index is 891. The van der Waals surface area contributed by atoms with Crippen molar-refractivity contribution in [1.82, 2.24) is 15.1 Å². The van der Waals surface area contributed by atoms with Crippen molar-refractivity contribution in [3.63, 3.8) is 0 Å². The Hall–Kier alpha value is -2.81. The molecule has 2 saturated heterocycles. The number of anilines is 2. The molecule has 0 radical (unpaired) electrons. The molecule has 2 aliphatic rings. The van der Waals surface area contributed by atoms with Gasteiger partial charge in [0.2, 0.25) is 22.9 Å². The van der Waals surface area contributed by atoms with E-state index in [0.717, 1.165) is 11.3 Å². The second-order valence-corrected chi connectivity index (χ2v) is 8.41. The van der Waals surface area contributed by atoms with Crippen LogP contribution in [-0.4, -0.2) is 52.5 Å². The Balaban J connectivity index is 1.31. The fourth-order valence-electron chi connectivity index (χ4n) is 3.90. The number of hydrogen-bond donors (Lipinski definition) is 1. The first kappa shape index (κ1) is 19.5. The van der Waals surface area contributed by atoms with E-state index in [-0.39, 0.29) is 36.0 Å². The first-order valence-corrected chi connectivity index (χ1v) is 10.6. The topological polar surface area (TPSA) is 95.5 Å². The van der Waals surface area contributed by atoms with E-state index >= 15 is 0 Å². The van der Waals surface area contributed by atoms with Gasteiger partial charge in [-0.05, 0) is 31.9 Å². The Labute approximate surface area is 172 Å². The molecule has 2 fully saturated rings. The van der Waals surface area contributed by atoms with E-state index in [0.29, 0.717) is 37.6 Å². The predicted octanol–water partition coefficient (Wildman–Crippen LogP) is 2.08. The van der Waals surface area contributed by atoms with Gasteiger partial charge >= 0.3 is 0 Å². The SMILES string of the molecule is Cc1ccc(N2C[C@@H](C(=O)N3CCC(C(=O)Nc4nncs4)CC3)CC2=O)cc1. The zero-order chi connectivity index (χ0) is 20.4. The molecule has 8 nitrogen and oxygen atoms in total. The minimum absolute atomic E-state index is 0.0101. The van der Waals surface area contributed by atoms with Crippen LogP contribution in [0.1, 0.15) is 24.8 Å². The van der Waals surface area contributed by atoms with Gasteiger partial charge in [-0.25, -0.2) is 0 Å². The number of amides is 3. The molecule has 1 N–H and O–H groups in total. The minimum atomic E-state index is -0.324. The summed E-state index contributed by atoms with van der Waals surface area (Å²) in [6.45, 7) is 3.47. The largest absolute Gasteiger partial charge is 0.342 e. The quantitative estimate of drug-likeness (QED) is 0.828. The third-order valence-electron chi connectivity index (χ3n) is 5.59. The lowest BCUT2D eigenvalue weighted by molar-refractivity contribution is -0.138. The lowest BCUT2D eigenvalue weighted by atomic mass is 9.94. The average Bonchev–Trinajstić information content (AvgIpc) is 3.38. The third-order valence-corrected chi connectivity index (χ3v) is 6.19. The van der Waals surface area contributed by atoms with Crippen LogP contribution < -0.4 is 10.2 Å². The Morgan fingerprint density at radius 1 is 1.14 bits per heavy atom. The van der Waals surface area contributed by atoms with Crippen LogP contribution in [0.3, 0.4) is 0 Å². The van der Waals surface area contributed by atoms with Crippen LogP contribution in [0.25, 0.3) is 0 Å². The maximum absolute atomic E-state index is 12.9. The summed E-state index contributed by atoms with van der Waals surface area (Å²) in [4.78, 5) is 41.2. The molecule has 152 valence electrons. The van der Waals surface area contributed by atoms with Crippen molar-refractivity contribution in [1.29, 1.82) is 0 Å². The number of carbonyl (C=O) groups is 3. The number of aromatic nitrogens is 2. The number of nitrogens with zero attached hydrogens (tertiary/aromatic N) is 4. The molecule has 0 spiro atoms. The van der Waals surface area contributed by atoms with Crippen LogP contribution in [0, 0.1) is 18.8 Å². The predicted molar refractivity (Wildman–Crippen MR) is 109 cm³/mol. The van der Waals surface area contributed by atoms with Crippen molar-refractivity contribution in [2.45, 2.75) is 26.2 Å². The van der Waals surface area contributed by atoms with E-state index in [4.69, 9.17) is 0 Å². The third kappa shape index (κ3) is 4.29. The van der Waals surface area contributed by atoms with Gasteiger partial charge in [0.1, 0.15) is 5.51 Å². The van der Waals surface area contributed by atoms with E-state index in [1.807, 2.05) is 31.2 Å². The first-order chi connectivity index (χ1) is 14.0. The summed E-state index contributed by atoms with van der Waals surface area (Å²) in [5, 5.41) is 10.8. The van der Waals surface area contributed by atoms with Crippen LogP contribution in [0.15, 0.2) is 29.8 Å². The zero-order valence-corrected chi connectivity index (χ0v) is 17.0. The van der Waals surface area contributed by atoms with Gasteiger partial charge in [0, 0.05) is 37.7 Å². The standard InChI is InChI=1S/C20H23N5O3S/c1-13-2-4-16(5-3-13)25-11-15(10-17(25)26)19(28)24-8-6-14(7-9-24)18(27)22-20-23-21-12-29-20/h2-5,12,14-15H,6-11H2,1H3,(H,22,23,27)/t15-/m0/s1. The summed E-state index contributed by atoms with van der Waals surface area (Å²) >= 11 is 1.28. The van der Waals surface area contributed by atoms with Crippen molar-refractivity contribution >= 4 is 39.9 Å². The molecule has 0 saturated carbocycles. The molecule has 2 aromatic rings. The van der Waals surface area contributed by atoms with E-state index in [1.54, 1.807) is 15.3 Å². The molecule has 3 heterocycles. The van der Waals surface area contributed by atoms with E-state index in [2.05, 4.69) is 15.5 Å². The number of rotatable bonds is 4. The van der Waals surface area contributed by atoms with Crippen molar-refractivity contribution < 1.29 is 14.4 Å². The zero-order valence-electron chi connectivity index (χ0n) is 16.2. The second-order valence-electron chi connectivity index (χ2n) is 7.57. The smallest absolute Gasteiger partial charge is 0.229 e. The highest BCUT2D eigenvalue weighted by molar-refractivity contribution is 7.13. The molecule has 1 atom stereocenters. The number of benzene rings is 1. The van der Waals surface area contributed by atoms with E-state index in [9.17, 15) is 14.4 Å². The van der Waals surface area contributed by atoms with Crippen LogP contribution in [0.5, 0.6) is 0 Å². The van der Waals surface area contributed by atoms with Gasteiger partial charge in [-0.15, -0.1) is 10.2 Å². The van der Waals surface area contributed by atoms with Gasteiger partial charge in [0.25, 0.3) is 0 Å². The maximum atomic E-state index is 12.9. The van der Waals surface area contributed by atoms with Gasteiger partial charge in [0.15, 0.2) is 0 Å². The summed E-state index contributed by atoms with van der Waals surface area (Å²) in [7, 11) is 0.